The van der Waals surface area contributed by atoms with Gasteiger partial charge in [-0.15, -0.1) is 0 Å². The van der Waals surface area contributed by atoms with Gasteiger partial charge in [0.05, 0.1) is 0 Å². The van der Waals surface area contributed by atoms with Crippen LogP contribution in [0, 0.1) is 13.8 Å². The van der Waals surface area contributed by atoms with Crippen LogP contribution in [0.25, 0.3) is 34.4 Å². The Bertz CT molecular complexity index is 1760. The van der Waals surface area contributed by atoms with Crippen molar-refractivity contribution in [2.24, 2.45) is 0 Å². The first-order valence-electron chi connectivity index (χ1n) is 13.0. The largest absolute Gasteiger partial charge is 1.00 e. The van der Waals surface area contributed by atoms with E-state index in [0.29, 0.717) is 7.25 Å². The second-order valence-corrected chi connectivity index (χ2v) is 17.1. The first-order valence-corrected chi connectivity index (χ1v) is 18.2. The Morgan fingerprint density at radius 3 is 2.05 bits per heavy atom. The van der Waals surface area contributed by atoms with Crippen molar-refractivity contribution in [2.45, 2.75) is 44.7 Å². The summed E-state index contributed by atoms with van der Waals surface area (Å²) in [6.07, 6.45) is 4.93. The molecule has 0 aromatic heterocycles. The van der Waals surface area contributed by atoms with Crippen LogP contribution in [0.4, 0.5) is 0 Å². The number of hydrogen-bond donors (Lipinski definition) is 0. The third-order valence-electron chi connectivity index (χ3n) is 8.25. The molecule has 2 unspecified atom stereocenters. The monoisotopic (exact) mass is 784 g/mol. The normalized spacial score (nSPS) is 17.4. The maximum absolute atomic E-state index is 4.15. The fraction of sp³-hybridized carbons (Fsp3) is 0.176. The van der Waals surface area contributed by atoms with E-state index in [0.717, 1.165) is 0 Å². The molecule has 200 valence electrons. The minimum absolute atomic E-state index is 0. The van der Waals surface area contributed by atoms with E-state index in [-0.39, 0.29) is 24.8 Å². The Morgan fingerprint density at radius 1 is 0.650 bits per heavy atom. The molecule has 2 aliphatic heterocycles. The Kier molecular flexibility index (Phi) is 8.92. The molecule has 0 radical (unpaired) electrons. The van der Waals surface area contributed by atoms with Gasteiger partial charge in [0.25, 0.3) is 0 Å². The summed E-state index contributed by atoms with van der Waals surface area (Å²) in [4.78, 5) is 2.74. The molecule has 0 spiro atoms. The minimum atomic E-state index is -0.989. The van der Waals surface area contributed by atoms with E-state index in [1.54, 1.807) is 5.56 Å². The molecule has 4 aliphatic rings. The standard InChI is InChI=1S/C17H12BrS.C17H14Br.2ClH.Zr/c1-9-5-13-14(6-9)17(18)15-8-16(13)19-11-3-4-12(15)10(2)7-11;1-11-9-13-7-8-15(17(18)16(13)10-11)14-6-4-3-5-12(14)2;;;/h3-8H,1-2H3;3-10H,1-2H3;2*1H;/q;;;;+2/p-2. The van der Waals surface area contributed by atoms with Crippen LogP contribution < -0.4 is 24.8 Å². The van der Waals surface area contributed by atoms with Crippen LogP contribution in [0.2, 0.25) is 0 Å². The summed E-state index contributed by atoms with van der Waals surface area (Å²) in [5.74, 6) is 0. The molecule has 2 aliphatic carbocycles. The topological polar surface area (TPSA) is 0 Å². The van der Waals surface area contributed by atoms with Crippen LogP contribution in [0.1, 0.15) is 54.5 Å². The summed E-state index contributed by atoms with van der Waals surface area (Å²) >= 11 is 9.20. The van der Waals surface area contributed by atoms with Crippen LogP contribution in [-0.2, 0) is 23.2 Å². The fourth-order valence-electron chi connectivity index (χ4n) is 6.31. The average Bonchev–Trinajstić information content (AvgIpc) is 3.37. The first kappa shape index (κ1) is 30.6. The number of rotatable bonds is 3. The number of benzene rings is 4. The molecule has 0 saturated heterocycles. The molecular weight excluding hydrogens is 762 g/mol. The molecule has 0 N–H and O–H groups in total. The van der Waals surface area contributed by atoms with Crippen molar-refractivity contribution in [3.63, 3.8) is 0 Å². The first-order chi connectivity index (χ1) is 18.3. The molecule has 2 atom stereocenters. The number of hydrogen-bond acceptors (Lipinski definition) is 1. The van der Waals surface area contributed by atoms with Gasteiger partial charge in [0, 0.05) is 0 Å². The van der Waals surface area contributed by atoms with Crippen LogP contribution in [0.3, 0.4) is 0 Å². The summed E-state index contributed by atoms with van der Waals surface area (Å²) in [7, 11) is 0. The van der Waals surface area contributed by atoms with Crippen molar-refractivity contribution in [2.75, 3.05) is 0 Å². The zero-order valence-corrected chi connectivity index (χ0v) is 30.5. The maximum atomic E-state index is 4.15. The summed E-state index contributed by atoms with van der Waals surface area (Å²) in [5.41, 5.74) is 17.0. The van der Waals surface area contributed by atoms with Crippen LogP contribution in [-0.4, -0.2) is 0 Å². The summed E-state index contributed by atoms with van der Waals surface area (Å²) in [6.45, 7) is 9.19. The smallest absolute Gasteiger partial charge is 1.00 e. The minimum Gasteiger partial charge on any atom is -1.00 e. The van der Waals surface area contributed by atoms with Gasteiger partial charge in [-0.3, -0.25) is 0 Å². The van der Waals surface area contributed by atoms with Gasteiger partial charge in [-0.25, -0.2) is 0 Å². The second kappa shape index (κ2) is 11.7. The fourth-order valence-corrected chi connectivity index (χ4v) is 14.8. The summed E-state index contributed by atoms with van der Waals surface area (Å²) in [6, 6.07) is 22.7. The second-order valence-electron chi connectivity index (χ2n) is 10.7. The third-order valence-corrected chi connectivity index (χ3v) is 16.3. The van der Waals surface area contributed by atoms with Crippen molar-refractivity contribution < 1.29 is 48.0 Å². The van der Waals surface area contributed by atoms with Crippen molar-refractivity contribution in [3.8, 4) is 22.3 Å². The van der Waals surface area contributed by atoms with Crippen molar-refractivity contribution >= 4 is 55.8 Å². The molecule has 2 heterocycles. The SMILES string of the molecule is CC1=Cc2ccc(-c3ccccc3C)c(Br)c2[CH]1[Zr+2][CH]1C(C)=Cc2c3cc(c(Br)c21)-c1ccc(cc1C)S3.[Cl-].[Cl-]. The average molecular weight is 789 g/mol. The van der Waals surface area contributed by atoms with Crippen molar-refractivity contribution in [3.05, 3.63) is 114 Å². The number of allylic oxidation sites excluding steroid dienone is 2. The van der Waals surface area contributed by atoms with Gasteiger partial charge in [0.2, 0.25) is 0 Å². The van der Waals surface area contributed by atoms with Gasteiger partial charge in [-0.1, -0.05) is 0 Å². The number of fused-ring (bicyclic) bond motifs is 4. The van der Waals surface area contributed by atoms with Gasteiger partial charge >= 0.3 is 260 Å². The Hall–Kier alpha value is -0.867. The zero-order valence-electron chi connectivity index (χ0n) is 22.5. The quantitative estimate of drug-likeness (QED) is 0.239. The maximum Gasteiger partial charge on any atom is -1.00 e. The number of halogens is 4. The van der Waals surface area contributed by atoms with E-state index in [1.165, 1.54) is 80.0 Å². The van der Waals surface area contributed by atoms with Crippen LogP contribution >= 0.6 is 43.6 Å². The molecular formula is C34H26Br2Cl2SZr. The van der Waals surface area contributed by atoms with E-state index in [9.17, 15) is 0 Å². The molecule has 0 amide bonds. The molecule has 8 rings (SSSR count). The third kappa shape index (κ3) is 4.84. The Morgan fingerprint density at radius 2 is 1.30 bits per heavy atom. The molecule has 4 bridgehead atoms. The van der Waals surface area contributed by atoms with Gasteiger partial charge in [-0.2, -0.15) is 0 Å². The van der Waals surface area contributed by atoms with Crippen molar-refractivity contribution in [1.82, 2.24) is 0 Å². The van der Waals surface area contributed by atoms with E-state index in [4.69, 9.17) is 0 Å². The predicted octanol–water partition coefficient (Wildman–Crippen LogP) is 5.33. The molecule has 0 saturated carbocycles. The molecule has 4 aromatic rings. The molecule has 4 aromatic carbocycles. The van der Waals surface area contributed by atoms with E-state index in [1.807, 2.05) is 11.8 Å². The van der Waals surface area contributed by atoms with E-state index in [2.05, 4.69) is 132 Å². The predicted molar refractivity (Wildman–Crippen MR) is 166 cm³/mol. The van der Waals surface area contributed by atoms with Crippen molar-refractivity contribution in [1.29, 1.82) is 0 Å². The molecule has 40 heavy (non-hydrogen) atoms. The zero-order chi connectivity index (χ0) is 26.3. The van der Waals surface area contributed by atoms with Crippen LogP contribution in [0.5, 0.6) is 0 Å². The van der Waals surface area contributed by atoms with Gasteiger partial charge in [0.15, 0.2) is 0 Å². The molecule has 0 fully saturated rings. The van der Waals surface area contributed by atoms with E-state index < -0.39 is 23.2 Å². The Balaban J connectivity index is 0.00000161. The van der Waals surface area contributed by atoms with E-state index >= 15 is 0 Å². The van der Waals surface area contributed by atoms with Gasteiger partial charge in [0.1, 0.15) is 0 Å². The van der Waals surface area contributed by atoms with Gasteiger partial charge in [-0.05, 0) is 0 Å². The summed E-state index contributed by atoms with van der Waals surface area (Å²) < 4.78 is 3.69. The van der Waals surface area contributed by atoms with Gasteiger partial charge < -0.3 is 24.8 Å². The molecule has 0 nitrogen and oxygen atoms in total. The number of aryl methyl sites for hydroxylation is 2. The Labute approximate surface area is 282 Å². The molecule has 6 heteroatoms. The summed E-state index contributed by atoms with van der Waals surface area (Å²) in [5, 5.41) is 0. The van der Waals surface area contributed by atoms with Crippen LogP contribution in [0.15, 0.2) is 90.5 Å².